The van der Waals surface area contributed by atoms with Crippen LogP contribution in [-0.2, 0) is 0 Å². The molecule has 1 aliphatic rings. The van der Waals surface area contributed by atoms with Crippen LogP contribution in [-0.4, -0.2) is 50.2 Å². The number of pyridine rings is 1. The largest absolute Gasteiger partial charge is 0.493 e. The van der Waals surface area contributed by atoms with E-state index in [-0.39, 0.29) is 0 Å². The number of nitrogens with one attached hydrogen (secondary N) is 1. The Morgan fingerprint density at radius 3 is 2.29 bits per heavy atom. The summed E-state index contributed by atoms with van der Waals surface area (Å²) in [6.45, 7) is 0.852. The van der Waals surface area contributed by atoms with Crippen LogP contribution in [0.5, 0.6) is 23.1 Å². The molecule has 1 fully saturated rings. The number of aromatic amines is 1. The van der Waals surface area contributed by atoms with Crippen LogP contribution in [0, 0.1) is 5.92 Å². The first-order valence-corrected chi connectivity index (χ1v) is 9.15. The average molecular weight is 384 g/mol. The van der Waals surface area contributed by atoms with E-state index in [4.69, 9.17) is 18.9 Å². The number of fused-ring (bicyclic) bond motifs is 1. The summed E-state index contributed by atoms with van der Waals surface area (Å²) in [6.07, 6.45) is 2.44. The Balaban J connectivity index is 1.83. The maximum absolute atomic E-state index is 5.54. The molecule has 0 saturated heterocycles. The summed E-state index contributed by atoms with van der Waals surface area (Å²) < 4.78 is 21.7. The number of anilines is 2. The molecule has 8 nitrogen and oxygen atoms in total. The van der Waals surface area contributed by atoms with Crippen molar-refractivity contribution in [1.82, 2.24) is 15.2 Å². The second-order valence-electron chi connectivity index (χ2n) is 6.73. The number of hydrogen-bond donors (Lipinski definition) is 1. The first-order valence-electron chi connectivity index (χ1n) is 9.15. The van der Waals surface area contributed by atoms with Gasteiger partial charge >= 0.3 is 0 Å². The normalized spacial score (nSPS) is 13.4. The van der Waals surface area contributed by atoms with Crippen molar-refractivity contribution in [3.63, 3.8) is 0 Å². The van der Waals surface area contributed by atoms with Crippen molar-refractivity contribution < 1.29 is 18.9 Å². The van der Waals surface area contributed by atoms with E-state index in [9.17, 15) is 0 Å². The lowest BCUT2D eigenvalue weighted by Crippen LogP contribution is -2.21. The first kappa shape index (κ1) is 18.2. The summed E-state index contributed by atoms with van der Waals surface area (Å²) >= 11 is 0. The lowest BCUT2D eigenvalue weighted by molar-refractivity contribution is 0.324. The molecule has 148 valence electrons. The van der Waals surface area contributed by atoms with Crippen LogP contribution in [0.2, 0.25) is 0 Å². The highest BCUT2D eigenvalue weighted by molar-refractivity contribution is 5.90. The zero-order valence-corrected chi connectivity index (χ0v) is 16.5. The van der Waals surface area contributed by atoms with Gasteiger partial charge in [0.25, 0.3) is 0 Å². The lowest BCUT2D eigenvalue weighted by atomic mass is 10.2. The molecule has 4 rings (SSSR count). The minimum absolute atomic E-state index is 0.546. The monoisotopic (exact) mass is 384 g/mol. The summed E-state index contributed by atoms with van der Waals surface area (Å²) in [4.78, 5) is 6.62. The second-order valence-corrected chi connectivity index (χ2v) is 6.73. The van der Waals surface area contributed by atoms with Gasteiger partial charge in [0.1, 0.15) is 0 Å². The molecule has 8 heteroatoms. The number of methoxy groups -OCH3 is 4. The van der Waals surface area contributed by atoms with Crippen molar-refractivity contribution in [3.05, 3.63) is 24.3 Å². The van der Waals surface area contributed by atoms with Crippen LogP contribution >= 0.6 is 0 Å². The van der Waals surface area contributed by atoms with Gasteiger partial charge in [0, 0.05) is 24.7 Å². The molecule has 0 unspecified atom stereocenters. The fraction of sp³-hybridized carbons (Fsp3) is 0.400. The van der Waals surface area contributed by atoms with Crippen molar-refractivity contribution in [2.24, 2.45) is 5.92 Å². The third kappa shape index (κ3) is 3.26. The molecule has 3 aromatic rings. The van der Waals surface area contributed by atoms with E-state index in [1.807, 2.05) is 24.3 Å². The molecule has 0 atom stereocenters. The molecule has 1 aromatic carbocycles. The average Bonchev–Trinajstić information content (AvgIpc) is 3.47. The Hall–Kier alpha value is -3.16. The standard InChI is InChI=1S/C20H24N4O4/c1-25-15-9-13(10-16(26-2)18(15)28-4)24(11-12-5-6-12)20-14-7-8-17(27-3)21-19(14)22-23-20/h7-10,12H,5-6,11H2,1-4H3,(H,21,22,23). The number of ether oxygens (including phenoxy) is 4. The Bertz CT molecular complexity index is 958. The maximum Gasteiger partial charge on any atom is 0.214 e. The van der Waals surface area contributed by atoms with Gasteiger partial charge in [0.2, 0.25) is 11.6 Å². The van der Waals surface area contributed by atoms with E-state index in [1.165, 1.54) is 12.8 Å². The maximum atomic E-state index is 5.54. The van der Waals surface area contributed by atoms with Gasteiger partial charge in [0.15, 0.2) is 23.0 Å². The number of H-pyrrole nitrogens is 1. The highest BCUT2D eigenvalue weighted by atomic mass is 16.5. The Kier molecular flexibility index (Phi) is 4.85. The lowest BCUT2D eigenvalue weighted by Gasteiger charge is -2.25. The molecule has 28 heavy (non-hydrogen) atoms. The van der Waals surface area contributed by atoms with E-state index in [2.05, 4.69) is 20.1 Å². The molecule has 0 bridgehead atoms. The van der Waals surface area contributed by atoms with Crippen molar-refractivity contribution in [1.29, 1.82) is 0 Å². The molecule has 0 aliphatic heterocycles. The summed E-state index contributed by atoms with van der Waals surface area (Å²) in [5.41, 5.74) is 1.60. The molecule has 2 aromatic heterocycles. The summed E-state index contributed by atoms with van der Waals surface area (Å²) in [5.74, 6) is 3.78. The van der Waals surface area contributed by atoms with E-state index >= 15 is 0 Å². The van der Waals surface area contributed by atoms with E-state index in [1.54, 1.807) is 28.4 Å². The van der Waals surface area contributed by atoms with Crippen LogP contribution in [0.15, 0.2) is 24.3 Å². The quantitative estimate of drug-likeness (QED) is 0.636. The molecule has 0 spiro atoms. The van der Waals surface area contributed by atoms with Crippen molar-refractivity contribution in [3.8, 4) is 23.1 Å². The molecule has 1 saturated carbocycles. The van der Waals surface area contributed by atoms with Gasteiger partial charge in [-0.3, -0.25) is 5.10 Å². The van der Waals surface area contributed by atoms with Crippen LogP contribution < -0.4 is 23.8 Å². The molecular weight excluding hydrogens is 360 g/mol. The SMILES string of the molecule is COc1ccc2c(N(CC3CC3)c3cc(OC)c(OC)c(OC)c3)n[nH]c2n1. The zero-order valence-electron chi connectivity index (χ0n) is 16.5. The zero-order chi connectivity index (χ0) is 19.7. The third-order valence-electron chi connectivity index (χ3n) is 4.94. The fourth-order valence-corrected chi connectivity index (χ4v) is 3.29. The van der Waals surface area contributed by atoms with Crippen LogP contribution in [0.3, 0.4) is 0 Å². The number of benzene rings is 1. The summed E-state index contributed by atoms with van der Waals surface area (Å²) in [6, 6.07) is 7.70. The predicted molar refractivity (Wildman–Crippen MR) is 106 cm³/mol. The van der Waals surface area contributed by atoms with Crippen molar-refractivity contribution in [2.75, 3.05) is 39.9 Å². The van der Waals surface area contributed by atoms with E-state index in [0.717, 1.165) is 23.4 Å². The van der Waals surface area contributed by atoms with Crippen molar-refractivity contribution >= 4 is 22.5 Å². The smallest absolute Gasteiger partial charge is 0.214 e. The topological polar surface area (TPSA) is 81.7 Å². The van der Waals surface area contributed by atoms with Crippen LogP contribution in [0.25, 0.3) is 11.0 Å². The summed E-state index contributed by atoms with van der Waals surface area (Å²) in [7, 11) is 6.43. The highest BCUT2D eigenvalue weighted by Gasteiger charge is 2.29. The molecule has 1 N–H and O–H groups in total. The Morgan fingerprint density at radius 2 is 1.71 bits per heavy atom. The van der Waals surface area contributed by atoms with Gasteiger partial charge in [-0.15, -0.1) is 0 Å². The Labute approximate surface area is 163 Å². The van der Waals surface area contributed by atoms with Gasteiger partial charge in [-0.25, -0.2) is 0 Å². The molecule has 0 amide bonds. The second kappa shape index (κ2) is 7.46. The van der Waals surface area contributed by atoms with Crippen LogP contribution in [0.4, 0.5) is 11.5 Å². The highest BCUT2D eigenvalue weighted by Crippen LogP contribution is 2.44. The van der Waals surface area contributed by atoms with Gasteiger partial charge in [0.05, 0.1) is 39.5 Å². The number of hydrogen-bond acceptors (Lipinski definition) is 7. The third-order valence-corrected chi connectivity index (χ3v) is 4.94. The number of aromatic nitrogens is 3. The van der Waals surface area contributed by atoms with Gasteiger partial charge in [-0.1, -0.05) is 0 Å². The predicted octanol–water partition coefficient (Wildman–Crippen LogP) is 3.54. The van der Waals surface area contributed by atoms with Gasteiger partial charge < -0.3 is 23.8 Å². The number of nitrogens with zero attached hydrogens (tertiary/aromatic N) is 3. The first-order chi connectivity index (χ1) is 13.7. The summed E-state index contributed by atoms with van der Waals surface area (Å²) in [5, 5.41) is 8.49. The molecule has 2 heterocycles. The minimum Gasteiger partial charge on any atom is -0.493 e. The van der Waals surface area contributed by atoms with Gasteiger partial charge in [-0.05, 0) is 24.8 Å². The molecule has 0 radical (unpaired) electrons. The van der Waals surface area contributed by atoms with E-state index in [0.29, 0.717) is 34.7 Å². The van der Waals surface area contributed by atoms with Crippen molar-refractivity contribution in [2.45, 2.75) is 12.8 Å². The Morgan fingerprint density at radius 1 is 1.00 bits per heavy atom. The van der Waals surface area contributed by atoms with Gasteiger partial charge in [-0.2, -0.15) is 10.1 Å². The fourth-order valence-electron chi connectivity index (χ4n) is 3.29. The molecular formula is C20H24N4O4. The van der Waals surface area contributed by atoms with Crippen LogP contribution in [0.1, 0.15) is 12.8 Å². The van der Waals surface area contributed by atoms with E-state index < -0.39 is 0 Å². The molecule has 1 aliphatic carbocycles. The minimum atomic E-state index is 0.546. The number of rotatable bonds is 8.